The average molecular weight is 322 g/mol. The third-order valence-corrected chi connectivity index (χ3v) is 3.65. The molecule has 5 nitrogen and oxygen atoms in total. The van der Waals surface area contributed by atoms with Gasteiger partial charge in [0.15, 0.2) is 0 Å². The van der Waals surface area contributed by atoms with Crippen molar-refractivity contribution in [3.8, 4) is 17.0 Å². The SMILES string of the molecule is O=c1[nH]c(NC2CC2)nc(O)c1-c1ccccc1Br. The maximum absolute atomic E-state index is 12.1. The van der Waals surface area contributed by atoms with Gasteiger partial charge in [-0.15, -0.1) is 0 Å². The minimum absolute atomic E-state index is 0.175. The van der Waals surface area contributed by atoms with Crippen molar-refractivity contribution in [2.24, 2.45) is 0 Å². The maximum atomic E-state index is 12.1. The van der Waals surface area contributed by atoms with Gasteiger partial charge >= 0.3 is 0 Å². The number of hydrogen-bond acceptors (Lipinski definition) is 4. The van der Waals surface area contributed by atoms with Crippen LogP contribution >= 0.6 is 15.9 Å². The third-order valence-electron chi connectivity index (χ3n) is 2.96. The van der Waals surface area contributed by atoms with E-state index in [4.69, 9.17) is 0 Å². The zero-order valence-electron chi connectivity index (χ0n) is 9.98. The molecular weight excluding hydrogens is 310 g/mol. The summed E-state index contributed by atoms with van der Waals surface area (Å²) in [5, 5.41) is 13.0. The first-order valence-corrected chi connectivity index (χ1v) is 6.79. The first-order valence-electron chi connectivity index (χ1n) is 6.00. The van der Waals surface area contributed by atoms with Crippen LogP contribution in [-0.4, -0.2) is 21.1 Å². The molecule has 1 aliphatic rings. The second-order valence-corrected chi connectivity index (χ2v) is 5.37. The molecular formula is C13H12BrN3O2. The fourth-order valence-corrected chi connectivity index (χ4v) is 2.34. The van der Waals surface area contributed by atoms with Crippen molar-refractivity contribution in [1.82, 2.24) is 9.97 Å². The number of aromatic hydroxyl groups is 1. The Balaban J connectivity index is 2.07. The van der Waals surface area contributed by atoms with Crippen LogP contribution in [0.1, 0.15) is 12.8 Å². The Morgan fingerprint density at radius 3 is 2.74 bits per heavy atom. The molecule has 6 heteroatoms. The van der Waals surface area contributed by atoms with Crippen molar-refractivity contribution in [2.75, 3.05) is 5.32 Å². The zero-order chi connectivity index (χ0) is 13.4. The fourth-order valence-electron chi connectivity index (χ4n) is 1.86. The molecule has 0 spiro atoms. The van der Waals surface area contributed by atoms with Gasteiger partial charge in [-0.25, -0.2) is 0 Å². The smallest absolute Gasteiger partial charge is 0.264 e. The van der Waals surface area contributed by atoms with E-state index in [2.05, 4.69) is 31.2 Å². The molecule has 0 saturated heterocycles. The standard InChI is InChI=1S/C13H12BrN3O2/c14-9-4-2-1-3-8(9)10-11(18)16-13(17-12(10)19)15-7-5-6-7/h1-4,7H,5-6H2,(H3,15,16,17,18,19). The summed E-state index contributed by atoms with van der Waals surface area (Å²) in [4.78, 5) is 18.8. The lowest BCUT2D eigenvalue weighted by Gasteiger charge is -2.08. The Hall–Kier alpha value is -1.82. The van der Waals surface area contributed by atoms with Crippen LogP contribution in [-0.2, 0) is 0 Å². The highest BCUT2D eigenvalue weighted by molar-refractivity contribution is 9.10. The molecule has 0 bridgehead atoms. The Kier molecular flexibility index (Phi) is 3.02. The molecule has 1 fully saturated rings. The summed E-state index contributed by atoms with van der Waals surface area (Å²) in [6, 6.07) is 7.57. The molecule has 98 valence electrons. The van der Waals surface area contributed by atoms with Crippen molar-refractivity contribution in [1.29, 1.82) is 0 Å². The molecule has 0 atom stereocenters. The van der Waals surface area contributed by atoms with Crippen LogP contribution < -0.4 is 10.9 Å². The van der Waals surface area contributed by atoms with E-state index >= 15 is 0 Å². The zero-order valence-corrected chi connectivity index (χ0v) is 11.6. The van der Waals surface area contributed by atoms with Crippen LogP contribution in [0.15, 0.2) is 33.5 Å². The lowest BCUT2D eigenvalue weighted by Crippen LogP contribution is -2.16. The van der Waals surface area contributed by atoms with Gasteiger partial charge in [-0.05, 0) is 18.9 Å². The Bertz CT molecular complexity index is 680. The van der Waals surface area contributed by atoms with Crippen LogP contribution in [0.3, 0.4) is 0 Å². The van der Waals surface area contributed by atoms with Gasteiger partial charge in [0.1, 0.15) is 5.56 Å². The van der Waals surface area contributed by atoms with Gasteiger partial charge in [-0.2, -0.15) is 4.98 Å². The highest BCUT2D eigenvalue weighted by atomic mass is 79.9. The van der Waals surface area contributed by atoms with E-state index in [9.17, 15) is 9.90 Å². The first-order chi connectivity index (χ1) is 9.15. The maximum Gasteiger partial charge on any atom is 0.264 e. The van der Waals surface area contributed by atoms with Crippen molar-refractivity contribution in [3.05, 3.63) is 39.1 Å². The number of H-pyrrole nitrogens is 1. The Labute approximate surface area is 117 Å². The molecule has 1 aromatic carbocycles. The number of rotatable bonds is 3. The molecule has 19 heavy (non-hydrogen) atoms. The van der Waals surface area contributed by atoms with Gasteiger partial charge in [0.2, 0.25) is 11.8 Å². The molecule has 0 amide bonds. The third kappa shape index (κ3) is 2.49. The summed E-state index contributed by atoms with van der Waals surface area (Å²) in [6.45, 7) is 0. The number of halogens is 1. The summed E-state index contributed by atoms with van der Waals surface area (Å²) in [7, 11) is 0. The predicted molar refractivity (Wildman–Crippen MR) is 76.3 cm³/mol. The summed E-state index contributed by atoms with van der Waals surface area (Å²) >= 11 is 3.36. The number of nitrogens with zero attached hydrogens (tertiary/aromatic N) is 1. The van der Waals surface area contributed by atoms with Crippen LogP contribution in [0.2, 0.25) is 0 Å². The van der Waals surface area contributed by atoms with Crippen LogP contribution in [0, 0.1) is 0 Å². The largest absolute Gasteiger partial charge is 0.493 e. The normalized spacial score (nSPS) is 14.4. The molecule has 1 saturated carbocycles. The lowest BCUT2D eigenvalue weighted by molar-refractivity contribution is 0.454. The van der Waals surface area contributed by atoms with Crippen molar-refractivity contribution in [2.45, 2.75) is 18.9 Å². The van der Waals surface area contributed by atoms with Gasteiger partial charge in [-0.1, -0.05) is 34.1 Å². The molecule has 1 heterocycles. The second-order valence-electron chi connectivity index (χ2n) is 4.51. The number of anilines is 1. The Morgan fingerprint density at radius 2 is 2.11 bits per heavy atom. The number of nitrogens with one attached hydrogen (secondary N) is 2. The lowest BCUT2D eigenvalue weighted by atomic mass is 10.1. The molecule has 0 unspecified atom stereocenters. The topological polar surface area (TPSA) is 78.0 Å². The number of aromatic nitrogens is 2. The monoisotopic (exact) mass is 321 g/mol. The van der Waals surface area contributed by atoms with Gasteiger partial charge in [-0.3, -0.25) is 9.78 Å². The van der Waals surface area contributed by atoms with E-state index in [0.717, 1.165) is 17.3 Å². The summed E-state index contributed by atoms with van der Waals surface area (Å²) in [5.74, 6) is 0.0552. The van der Waals surface area contributed by atoms with Crippen molar-refractivity contribution < 1.29 is 5.11 Å². The summed E-state index contributed by atoms with van der Waals surface area (Å²) in [6.07, 6.45) is 2.13. The minimum atomic E-state index is -0.359. The fraction of sp³-hybridized carbons (Fsp3) is 0.231. The molecule has 1 aliphatic carbocycles. The number of benzene rings is 1. The molecule has 1 aromatic heterocycles. The number of aromatic amines is 1. The van der Waals surface area contributed by atoms with E-state index in [1.807, 2.05) is 12.1 Å². The number of hydrogen-bond donors (Lipinski definition) is 3. The second kappa shape index (κ2) is 4.70. The molecule has 3 N–H and O–H groups in total. The van der Waals surface area contributed by atoms with Gasteiger partial charge < -0.3 is 10.4 Å². The van der Waals surface area contributed by atoms with E-state index in [1.165, 1.54) is 0 Å². The molecule has 2 aromatic rings. The molecule has 0 aliphatic heterocycles. The van der Waals surface area contributed by atoms with Crippen LogP contribution in [0.5, 0.6) is 5.88 Å². The highest BCUT2D eigenvalue weighted by Gasteiger charge is 2.23. The van der Waals surface area contributed by atoms with Crippen molar-refractivity contribution in [3.63, 3.8) is 0 Å². The van der Waals surface area contributed by atoms with Crippen LogP contribution in [0.25, 0.3) is 11.1 Å². The van der Waals surface area contributed by atoms with Gasteiger partial charge in [0.25, 0.3) is 5.56 Å². The van der Waals surface area contributed by atoms with Gasteiger partial charge in [0, 0.05) is 16.1 Å². The predicted octanol–water partition coefficient (Wildman–Crippen LogP) is 2.48. The van der Waals surface area contributed by atoms with Crippen LogP contribution in [0.4, 0.5) is 5.95 Å². The average Bonchev–Trinajstić information content (AvgIpc) is 3.14. The highest BCUT2D eigenvalue weighted by Crippen LogP contribution is 2.31. The van der Waals surface area contributed by atoms with Gasteiger partial charge in [0.05, 0.1) is 0 Å². The minimum Gasteiger partial charge on any atom is -0.493 e. The van der Waals surface area contributed by atoms with E-state index in [0.29, 0.717) is 17.6 Å². The molecule has 3 rings (SSSR count). The van der Waals surface area contributed by atoms with E-state index in [1.54, 1.807) is 12.1 Å². The van der Waals surface area contributed by atoms with Crippen molar-refractivity contribution >= 4 is 21.9 Å². The molecule has 0 radical (unpaired) electrons. The summed E-state index contributed by atoms with van der Waals surface area (Å²) in [5.41, 5.74) is 0.433. The first kappa shape index (κ1) is 12.2. The van der Waals surface area contributed by atoms with E-state index < -0.39 is 0 Å². The van der Waals surface area contributed by atoms with E-state index in [-0.39, 0.29) is 17.0 Å². The summed E-state index contributed by atoms with van der Waals surface area (Å²) < 4.78 is 0.737. The Morgan fingerprint density at radius 1 is 1.37 bits per heavy atom. The quantitative estimate of drug-likeness (QED) is 0.811.